The Kier molecular flexibility index (Phi) is 21.4. The number of hydrogen-bond donors (Lipinski definition) is 6. The van der Waals surface area contributed by atoms with Crippen molar-refractivity contribution in [1.82, 2.24) is 50.8 Å². The van der Waals surface area contributed by atoms with Crippen LogP contribution in [0.15, 0.2) is 60.7 Å². The maximum absolute atomic E-state index is 14.7. The molecule has 4 aromatic rings. The van der Waals surface area contributed by atoms with Crippen molar-refractivity contribution < 1.29 is 58.2 Å². The fourth-order valence-corrected chi connectivity index (χ4v) is 13.9. The first-order valence-corrected chi connectivity index (χ1v) is 30.5. The highest BCUT2D eigenvalue weighted by Gasteiger charge is 2.39. The molecule has 2 aromatic heterocycles. The van der Waals surface area contributed by atoms with Crippen LogP contribution in [0, 0.1) is 0 Å². The lowest BCUT2D eigenvalue weighted by Gasteiger charge is -2.35. The monoisotopic (exact) mass is 1160 g/mol. The number of para-hydroxylation sites is 2. The molecule has 4 heterocycles. The molecule has 2 aromatic carbocycles. The first-order chi connectivity index (χ1) is 36.2. The van der Waals surface area contributed by atoms with Gasteiger partial charge in [-0.3, -0.25) is 47.9 Å². The third-order valence-electron chi connectivity index (χ3n) is 12.3. The van der Waals surface area contributed by atoms with Gasteiger partial charge in [0, 0.05) is 73.5 Å². The van der Waals surface area contributed by atoms with E-state index < -0.39 is 141 Å². The Bertz CT molecular complexity index is 2710. The number of rotatable bonds is 8. The number of thioether (sulfide) groups is 4. The SMILES string of the molecule is CSCC1C(=O)SCC(NC(=O)c2nc3ccccc3cc2O)C(=O)NCC(=O)N(C)C2CSSCC(C(=O)N1C)N(C)C(=O)CNC(=O)C(NC(=O)c1nc3ccccc3cc1O)CSC(=O)C(CSC)N(C)C2=O. The van der Waals surface area contributed by atoms with Gasteiger partial charge in [-0.05, 0) is 36.8 Å². The molecule has 2 aliphatic heterocycles. The molecular formula is C48H56N10O12S6. The standard InChI is InChI=1S/C48H56N10O12S6/c1-55-31-23-75-76-24-32(46(68)58(4)34(22-72-6)48(70)74-19-29(41(63)49-17-37(55)61)53-43(65)39-35(59)15-25-11-7-9-13-27(25)51-39)56(2)38(62)18-50-42(64)30(20-73-47(69)33(21-71-5)57(3)45(31)67)54-44(66)40-36(60)16-26-12-8-10-14-28(26)52-40/h7-16,29-34,59-60H,17-24H2,1-6H3,(H,49,63)(H,50,64)(H,53,65)(H,54,66). The molecular weight excluding hydrogens is 1100 g/mol. The summed E-state index contributed by atoms with van der Waals surface area (Å²) >= 11 is 3.71. The van der Waals surface area contributed by atoms with Crippen LogP contribution in [-0.4, -0.2) is 222 Å². The van der Waals surface area contributed by atoms with Crippen LogP contribution in [0.3, 0.4) is 0 Å². The number of aromatic hydroxyl groups is 2. The third kappa shape index (κ3) is 14.5. The van der Waals surface area contributed by atoms with Gasteiger partial charge in [0.05, 0.1) is 24.1 Å². The highest BCUT2D eigenvalue weighted by atomic mass is 33.1. The van der Waals surface area contributed by atoms with Crippen molar-refractivity contribution in [1.29, 1.82) is 0 Å². The van der Waals surface area contributed by atoms with E-state index in [1.807, 2.05) is 0 Å². The molecule has 22 nitrogen and oxygen atoms in total. The van der Waals surface area contributed by atoms with Gasteiger partial charge in [-0.2, -0.15) is 23.5 Å². The Labute approximate surface area is 462 Å². The van der Waals surface area contributed by atoms with Crippen molar-refractivity contribution in [2.24, 2.45) is 0 Å². The second kappa shape index (κ2) is 27.4. The van der Waals surface area contributed by atoms with Crippen LogP contribution in [0.1, 0.15) is 21.0 Å². The van der Waals surface area contributed by atoms with E-state index in [4.69, 9.17) is 0 Å². The lowest BCUT2D eigenvalue weighted by Crippen LogP contribution is -2.57. The summed E-state index contributed by atoms with van der Waals surface area (Å²) in [6, 6.07) is 8.07. The normalized spacial score (nSPS) is 22.8. The zero-order chi connectivity index (χ0) is 55.4. The largest absolute Gasteiger partial charge is 0.505 e. The first kappa shape index (κ1) is 59.3. The number of carbonyl (C=O) groups excluding carboxylic acids is 10. The van der Waals surface area contributed by atoms with E-state index in [9.17, 15) is 58.2 Å². The van der Waals surface area contributed by atoms with E-state index in [1.54, 1.807) is 61.0 Å². The molecule has 28 heteroatoms. The number of benzene rings is 2. The number of fused-ring (bicyclic) bond motifs is 7. The van der Waals surface area contributed by atoms with Crippen LogP contribution in [-0.2, 0) is 38.4 Å². The quantitative estimate of drug-likeness (QED) is 0.136. The summed E-state index contributed by atoms with van der Waals surface area (Å²) < 4.78 is 0. The second-order valence-electron chi connectivity index (χ2n) is 17.3. The molecule has 6 rings (SSSR count). The Morgan fingerprint density at radius 3 is 1.33 bits per heavy atom. The van der Waals surface area contributed by atoms with Crippen LogP contribution in [0.5, 0.6) is 11.5 Å². The highest BCUT2D eigenvalue weighted by Crippen LogP contribution is 2.30. The van der Waals surface area contributed by atoms with Crippen molar-refractivity contribution in [3.63, 3.8) is 0 Å². The first-order valence-electron chi connectivity index (χ1n) is 23.2. The van der Waals surface area contributed by atoms with E-state index in [0.29, 0.717) is 45.3 Å². The number of likely N-dealkylation sites (N-methyl/N-ethyl adjacent to an activating group) is 4. The van der Waals surface area contributed by atoms with Gasteiger partial charge in [-0.25, -0.2) is 9.97 Å². The van der Waals surface area contributed by atoms with E-state index in [0.717, 1.165) is 31.4 Å². The Hall–Kier alpha value is -5.94. The van der Waals surface area contributed by atoms with E-state index >= 15 is 0 Å². The Morgan fingerprint density at radius 2 is 0.961 bits per heavy atom. The van der Waals surface area contributed by atoms with E-state index in [-0.39, 0.29) is 23.0 Å². The van der Waals surface area contributed by atoms with E-state index in [2.05, 4.69) is 31.2 Å². The molecule has 406 valence electrons. The molecule has 0 spiro atoms. The van der Waals surface area contributed by atoms with Crippen LogP contribution in [0.2, 0.25) is 0 Å². The van der Waals surface area contributed by atoms with Gasteiger partial charge >= 0.3 is 0 Å². The molecule has 2 fully saturated rings. The van der Waals surface area contributed by atoms with Gasteiger partial charge in [0.15, 0.2) is 11.4 Å². The summed E-state index contributed by atoms with van der Waals surface area (Å²) in [6.45, 7) is -1.39. The number of amides is 8. The zero-order valence-electron chi connectivity index (χ0n) is 42.0. The average Bonchev–Trinajstić information content (AvgIpc) is 3.41. The van der Waals surface area contributed by atoms with Gasteiger partial charge in [-0.15, -0.1) is 0 Å². The molecule has 2 saturated heterocycles. The number of pyridine rings is 2. The zero-order valence-corrected chi connectivity index (χ0v) is 46.9. The molecule has 6 unspecified atom stereocenters. The predicted octanol–water partition coefficient (Wildman–Crippen LogP) is 1.29. The van der Waals surface area contributed by atoms with Crippen LogP contribution >= 0.6 is 68.6 Å². The lowest BCUT2D eigenvalue weighted by atomic mass is 10.1. The molecule has 0 radical (unpaired) electrons. The third-order valence-corrected chi connectivity index (χ3v) is 18.1. The molecule has 0 aliphatic carbocycles. The summed E-state index contributed by atoms with van der Waals surface area (Å²) in [6.07, 6.45) is 3.42. The highest BCUT2D eigenvalue weighted by molar-refractivity contribution is 8.76. The molecule has 76 heavy (non-hydrogen) atoms. The van der Waals surface area contributed by atoms with Crippen molar-refractivity contribution >= 4 is 148 Å². The molecule has 2 aliphatic rings. The second-order valence-corrected chi connectivity index (χ2v) is 23.7. The average molecular weight is 1160 g/mol. The minimum absolute atomic E-state index is 0.0598. The van der Waals surface area contributed by atoms with Gasteiger partial charge in [0.2, 0.25) is 45.7 Å². The number of nitrogens with one attached hydrogen (secondary N) is 4. The van der Waals surface area contributed by atoms with E-state index in [1.165, 1.54) is 73.6 Å². The molecule has 6 atom stereocenters. The summed E-state index contributed by atoms with van der Waals surface area (Å²) in [4.78, 5) is 155. The van der Waals surface area contributed by atoms with Gasteiger partial charge in [-0.1, -0.05) is 81.5 Å². The van der Waals surface area contributed by atoms with Gasteiger partial charge in [0.25, 0.3) is 11.8 Å². The van der Waals surface area contributed by atoms with Crippen molar-refractivity contribution in [2.75, 3.05) is 88.3 Å². The number of hydrogen-bond acceptors (Lipinski definition) is 20. The minimum atomic E-state index is -1.53. The maximum atomic E-state index is 14.7. The van der Waals surface area contributed by atoms with Gasteiger partial charge < -0.3 is 51.1 Å². The molecule has 8 amide bonds. The molecule has 0 saturated carbocycles. The Balaban J connectivity index is 1.36. The maximum Gasteiger partial charge on any atom is 0.274 e. The summed E-state index contributed by atoms with van der Waals surface area (Å²) in [7, 11) is 7.60. The van der Waals surface area contributed by atoms with Crippen LogP contribution < -0.4 is 21.3 Å². The summed E-state index contributed by atoms with van der Waals surface area (Å²) in [5, 5.41) is 31.6. The number of nitrogens with zero attached hydrogens (tertiary/aromatic N) is 6. The fourth-order valence-electron chi connectivity index (χ4n) is 7.75. The summed E-state index contributed by atoms with van der Waals surface area (Å²) in [5.74, 6) is -8.66. The number of carbonyl (C=O) groups is 10. The predicted molar refractivity (Wildman–Crippen MR) is 298 cm³/mol. The number of aromatic nitrogens is 2. The lowest BCUT2D eigenvalue weighted by molar-refractivity contribution is -0.144. The molecule has 2 bridgehead atoms. The summed E-state index contributed by atoms with van der Waals surface area (Å²) in [5.41, 5.74) is -0.102. The minimum Gasteiger partial charge on any atom is -0.505 e. The topological polar surface area (TPSA) is 298 Å². The van der Waals surface area contributed by atoms with Crippen LogP contribution in [0.4, 0.5) is 0 Å². The Morgan fingerprint density at radius 1 is 0.592 bits per heavy atom. The molecule has 6 N–H and O–H groups in total. The fraction of sp³-hybridized carbons (Fsp3) is 0.417. The van der Waals surface area contributed by atoms with Crippen molar-refractivity contribution in [3.8, 4) is 11.5 Å². The van der Waals surface area contributed by atoms with Crippen molar-refractivity contribution in [3.05, 3.63) is 72.1 Å². The van der Waals surface area contributed by atoms with Crippen molar-refractivity contribution in [2.45, 2.75) is 36.3 Å². The van der Waals surface area contributed by atoms with Crippen LogP contribution in [0.25, 0.3) is 21.8 Å². The van der Waals surface area contributed by atoms with Gasteiger partial charge in [0.1, 0.15) is 47.8 Å². The smallest absolute Gasteiger partial charge is 0.274 e.